The summed E-state index contributed by atoms with van der Waals surface area (Å²) in [4.78, 5) is 27.1. The van der Waals surface area contributed by atoms with Gasteiger partial charge in [-0.3, -0.25) is 4.79 Å². The van der Waals surface area contributed by atoms with E-state index in [9.17, 15) is 0 Å². The Morgan fingerprint density at radius 3 is 1.95 bits per heavy atom. The molecule has 0 radical (unpaired) electrons. The number of halogens is 2. The number of nitrogens with one attached hydrogen (secondary N) is 1. The van der Waals surface area contributed by atoms with Crippen LogP contribution in [-0.4, -0.2) is 78.1 Å². The molecule has 2 aromatic rings. The van der Waals surface area contributed by atoms with Crippen LogP contribution in [0.2, 0.25) is 10.4 Å². The van der Waals surface area contributed by atoms with Gasteiger partial charge < -0.3 is 36.8 Å². The molecular weight excluding hydrogens is 641 g/mol. The Kier molecular flexibility index (Phi) is 31.7. The van der Waals surface area contributed by atoms with Gasteiger partial charge >= 0.3 is 103 Å². The molecule has 3 saturated heterocycles. The van der Waals surface area contributed by atoms with E-state index >= 15 is 0 Å². The second-order valence-electron chi connectivity index (χ2n) is 8.96. The molecule has 12 nitrogen and oxygen atoms in total. The molecule has 5 heterocycles. The Morgan fingerprint density at radius 1 is 0.976 bits per heavy atom. The van der Waals surface area contributed by atoms with Crippen molar-refractivity contribution >= 4 is 35.5 Å². The summed E-state index contributed by atoms with van der Waals surface area (Å²) in [6, 6.07) is 0. The number of hydrogen-bond donors (Lipinski definition) is 2. The van der Waals surface area contributed by atoms with Crippen molar-refractivity contribution < 1.29 is 133 Å². The molecule has 3 fully saturated rings. The summed E-state index contributed by atoms with van der Waals surface area (Å²) >= 11 is 11.4. The minimum Gasteiger partial charge on any atom is -1.00 e. The minimum atomic E-state index is -0.181. The number of carbonyl (C=O) groups is 1. The monoisotopic (exact) mass is 682 g/mol. The van der Waals surface area contributed by atoms with Gasteiger partial charge in [0.1, 0.15) is 16.8 Å². The molecule has 0 saturated carbocycles. The van der Waals surface area contributed by atoms with E-state index in [4.69, 9.17) is 53.2 Å². The normalized spacial score (nSPS) is 18.0. The summed E-state index contributed by atoms with van der Waals surface area (Å²) in [5.41, 5.74) is 7.23. The van der Waals surface area contributed by atoms with Crippen molar-refractivity contribution in [2.24, 2.45) is 5.73 Å². The van der Waals surface area contributed by atoms with Crippen LogP contribution in [0.4, 0.5) is 5.82 Å². The Bertz CT molecular complexity index is 957. The minimum absolute atomic E-state index is 0. The number of hydrogen-bond acceptors (Lipinski definition) is 12. The molecule has 0 bridgehead atoms. The number of carbonyl (C=O) groups excluding carboxylic acids is 1. The van der Waals surface area contributed by atoms with Crippen LogP contribution in [0, 0.1) is 20.8 Å². The second-order valence-corrected chi connectivity index (χ2v) is 9.66. The van der Waals surface area contributed by atoms with Crippen molar-refractivity contribution in [1.82, 2.24) is 19.9 Å². The first kappa shape index (κ1) is 45.2. The number of nitrogens with two attached hydrogens (primary N) is 1. The van der Waals surface area contributed by atoms with Crippen LogP contribution in [0.25, 0.3) is 0 Å². The van der Waals surface area contributed by atoms with Crippen LogP contribution in [0.5, 0.6) is 0 Å². The smallest absolute Gasteiger partial charge is 1.00 e. The number of nitrogens with zero attached hydrogens (tertiary/aromatic N) is 4. The molecule has 16 heteroatoms. The molecule has 3 aliphatic heterocycles. The van der Waals surface area contributed by atoms with Crippen molar-refractivity contribution in [3.63, 3.8) is 0 Å². The number of aryl methyl sites for hydroxylation is 3. The van der Waals surface area contributed by atoms with E-state index in [1.54, 1.807) is 12.4 Å². The maximum Gasteiger partial charge on any atom is 1.00 e. The average Bonchev–Trinajstić information content (AvgIpc) is 3.78. The second kappa shape index (κ2) is 29.5. The molecule has 3 aliphatic rings. The van der Waals surface area contributed by atoms with Gasteiger partial charge in [-0.15, -0.1) is 0 Å². The Hall–Kier alpha value is 1.08. The van der Waals surface area contributed by atoms with Crippen LogP contribution in [0.3, 0.4) is 0 Å². The summed E-state index contributed by atoms with van der Waals surface area (Å²) in [7, 11) is 0. The van der Waals surface area contributed by atoms with Gasteiger partial charge in [-0.1, -0.05) is 11.6 Å². The first-order valence-electron chi connectivity index (χ1n) is 13.2. The van der Waals surface area contributed by atoms with Crippen molar-refractivity contribution in [1.29, 1.82) is 0 Å². The van der Waals surface area contributed by atoms with Gasteiger partial charge in [0, 0.05) is 63.0 Å². The van der Waals surface area contributed by atoms with Gasteiger partial charge in [-0.2, -0.15) is 0 Å². The number of aromatic nitrogens is 4. The molecule has 2 aromatic heterocycles. The van der Waals surface area contributed by atoms with E-state index in [1.165, 1.54) is 19.3 Å². The Balaban J connectivity index is -0.000000496. The molecular formula is C26H42Cl2K2N6O6. The van der Waals surface area contributed by atoms with Crippen LogP contribution in [0.15, 0.2) is 12.4 Å². The fourth-order valence-electron chi connectivity index (χ4n) is 3.46. The summed E-state index contributed by atoms with van der Waals surface area (Å²) < 4.78 is 15.6. The molecule has 0 spiro atoms. The fourth-order valence-corrected chi connectivity index (χ4v) is 3.76. The van der Waals surface area contributed by atoms with Gasteiger partial charge in [0.25, 0.3) is 6.47 Å². The number of rotatable bonds is 5. The molecule has 2 unspecified atom stereocenters. The third-order valence-corrected chi connectivity index (χ3v) is 6.21. The van der Waals surface area contributed by atoms with Crippen molar-refractivity contribution in [3.05, 3.63) is 39.8 Å². The zero-order valence-corrected chi connectivity index (χ0v) is 33.2. The summed E-state index contributed by atoms with van der Waals surface area (Å²) in [6.45, 7) is 10.7. The third kappa shape index (κ3) is 22.6. The first-order valence-corrected chi connectivity index (χ1v) is 14.0. The summed E-state index contributed by atoms with van der Waals surface area (Å²) in [5.74, 6) is 1.51. The van der Waals surface area contributed by atoms with Gasteiger partial charge in [-0.25, -0.2) is 19.9 Å². The summed E-state index contributed by atoms with van der Waals surface area (Å²) in [5, 5.41) is 12.5. The van der Waals surface area contributed by atoms with Crippen LogP contribution in [-0.2, 0) is 23.9 Å². The number of ether oxygens (including phenoxy) is 3. The van der Waals surface area contributed by atoms with Crippen molar-refractivity contribution in [3.8, 4) is 0 Å². The zero-order chi connectivity index (χ0) is 29.6. The average molecular weight is 684 g/mol. The van der Waals surface area contributed by atoms with Gasteiger partial charge in [0.2, 0.25) is 5.28 Å². The van der Waals surface area contributed by atoms with E-state index in [-0.39, 0.29) is 116 Å². The first-order chi connectivity index (χ1) is 19.3. The molecule has 0 aromatic carbocycles. The number of anilines is 1. The predicted octanol–water partition coefficient (Wildman–Crippen LogP) is -2.75. The van der Waals surface area contributed by atoms with Crippen molar-refractivity contribution in [2.45, 2.75) is 71.5 Å². The van der Waals surface area contributed by atoms with Crippen LogP contribution < -0.4 is 119 Å². The summed E-state index contributed by atoms with van der Waals surface area (Å²) in [6.07, 6.45) is 11.3. The third-order valence-electron chi connectivity index (χ3n) is 5.65. The Morgan fingerprint density at radius 2 is 1.55 bits per heavy atom. The maximum atomic E-state index is 8.64. The Labute approximate surface area is 345 Å². The van der Waals surface area contributed by atoms with E-state index in [1.807, 2.05) is 20.8 Å². The van der Waals surface area contributed by atoms with E-state index in [2.05, 4.69) is 30.1 Å². The standard InChI is InChI=1S/C10H14ClN3O.C6H7ClN2.C5H11NO.C4H8O.CH2O3.2K.H/c1-7-5-13-10(11)14-9(7)12-6-8-3-2-4-15-8;1-4-3-8-5(2)9-6(4)7;6-4-5-2-1-3-7-5;1-2-4-5-3-1;2-1-4-3;;;/h5,8H,2-4,6H2,1H3,(H,12,13,14);3H,1-2H3;5H,1-4,6H2;1-4H2;1,3H;;;/q;;;;;2*+1;-1/p-1. The molecule has 0 amide bonds. The van der Waals surface area contributed by atoms with Gasteiger partial charge in [0.15, 0.2) is 0 Å². The van der Waals surface area contributed by atoms with E-state index < -0.39 is 0 Å². The molecule has 228 valence electrons. The van der Waals surface area contributed by atoms with Crippen molar-refractivity contribution in [2.75, 3.05) is 44.8 Å². The van der Waals surface area contributed by atoms with E-state index in [0.29, 0.717) is 29.7 Å². The molecule has 3 N–H and O–H groups in total. The largest absolute Gasteiger partial charge is 1.00 e. The quantitative estimate of drug-likeness (QED) is 0.0835. The molecule has 0 aliphatic carbocycles. The molecule has 5 rings (SSSR count). The zero-order valence-electron chi connectivity index (χ0n) is 26.4. The van der Waals surface area contributed by atoms with E-state index in [0.717, 1.165) is 69.2 Å². The molecule has 2 atom stereocenters. The topological polar surface area (TPSA) is 167 Å². The van der Waals surface area contributed by atoms with Crippen LogP contribution >= 0.6 is 23.2 Å². The molecule has 42 heavy (non-hydrogen) atoms. The van der Waals surface area contributed by atoms with Gasteiger partial charge in [-0.05, 0) is 70.9 Å². The fraction of sp³-hybridized carbons (Fsp3) is 0.654. The maximum absolute atomic E-state index is 8.64. The van der Waals surface area contributed by atoms with Gasteiger partial charge in [0.05, 0.1) is 12.2 Å². The predicted molar refractivity (Wildman–Crippen MR) is 152 cm³/mol. The van der Waals surface area contributed by atoms with Crippen LogP contribution in [0.1, 0.15) is 56.9 Å². The SMILES string of the molecule is C1CCOC1.Cc1cnc(Cl)nc1NCC1CCCO1.Cc1ncc(C)c(Cl)n1.NCC1CCCO1.O=CO[O-].[H-].[K+].[K+].